The minimum Gasteiger partial charge on any atom is -0.392 e. The molecule has 2 heteroatoms. The first kappa shape index (κ1) is 14.9. The molecule has 0 aromatic rings. The van der Waals surface area contributed by atoms with E-state index < -0.39 is 0 Å². The van der Waals surface area contributed by atoms with Gasteiger partial charge in [0.2, 0.25) is 0 Å². The molecule has 0 fully saturated rings. The van der Waals surface area contributed by atoms with Crippen LogP contribution in [0.4, 0.5) is 0 Å². The lowest BCUT2D eigenvalue weighted by Gasteiger charge is -2.23. The second kappa shape index (κ2) is 9.17. The van der Waals surface area contributed by atoms with Gasteiger partial charge in [-0.15, -0.1) is 0 Å². The van der Waals surface area contributed by atoms with Crippen LogP contribution in [0, 0.1) is 5.92 Å². The van der Waals surface area contributed by atoms with E-state index in [1.54, 1.807) is 0 Å². The maximum Gasteiger partial charge on any atom is 0.0692 e. The highest BCUT2D eigenvalue weighted by Gasteiger charge is 2.16. The summed E-state index contributed by atoms with van der Waals surface area (Å²) in [7, 11) is 0. The number of hydrogen-bond donors (Lipinski definition) is 2. The molecule has 0 aliphatic rings. The highest BCUT2D eigenvalue weighted by molar-refractivity contribution is 4.72. The lowest BCUT2D eigenvalue weighted by molar-refractivity contribution is 0.0976. The van der Waals surface area contributed by atoms with Gasteiger partial charge in [0.25, 0.3) is 0 Å². The summed E-state index contributed by atoms with van der Waals surface area (Å²) in [5.41, 5.74) is 0. The topological polar surface area (TPSA) is 32.3 Å². The molecule has 0 amide bonds. The maximum absolute atomic E-state index is 9.96. The molecule has 0 aromatic carbocycles. The van der Waals surface area contributed by atoms with Crippen LogP contribution in [-0.4, -0.2) is 23.8 Å². The van der Waals surface area contributed by atoms with Gasteiger partial charge >= 0.3 is 0 Å². The second-order valence-corrected chi connectivity index (χ2v) is 4.45. The van der Waals surface area contributed by atoms with Crippen LogP contribution < -0.4 is 5.32 Å². The minimum atomic E-state index is -0.175. The Morgan fingerprint density at radius 3 is 2.00 bits per heavy atom. The first-order chi connectivity index (χ1) is 7.19. The first-order valence-electron chi connectivity index (χ1n) is 6.60. The Labute approximate surface area is 95.5 Å². The first-order valence-corrected chi connectivity index (χ1v) is 6.60. The molecule has 0 aliphatic carbocycles. The Balaban J connectivity index is 3.80. The fraction of sp³-hybridized carbons (Fsp3) is 1.00. The van der Waals surface area contributed by atoms with E-state index in [1.807, 2.05) is 0 Å². The van der Waals surface area contributed by atoms with E-state index in [-0.39, 0.29) is 6.10 Å². The van der Waals surface area contributed by atoms with E-state index >= 15 is 0 Å². The molecule has 2 unspecified atom stereocenters. The molecule has 92 valence electrons. The quantitative estimate of drug-likeness (QED) is 0.620. The van der Waals surface area contributed by atoms with Gasteiger partial charge in [-0.3, -0.25) is 0 Å². The van der Waals surface area contributed by atoms with Crippen molar-refractivity contribution in [2.24, 2.45) is 5.92 Å². The van der Waals surface area contributed by atoms with Gasteiger partial charge in [-0.2, -0.15) is 0 Å². The summed E-state index contributed by atoms with van der Waals surface area (Å²) < 4.78 is 0. The van der Waals surface area contributed by atoms with Crippen molar-refractivity contribution in [1.82, 2.24) is 5.32 Å². The summed E-state index contributed by atoms with van der Waals surface area (Å²) in [4.78, 5) is 0. The van der Waals surface area contributed by atoms with Crippen molar-refractivity contribution >= 4 is 0 Å². The predicted octanol–water partition coefficient (Wildman–Crippen LogP) is 2.95. The number of aliphatic hydroxyl groups is 1. The van der Waals surface area contributed by atoms with E-state index in [9.17, 15) is 5.11 Å². The molecule has 0 spiro atoms. The van der Waals surface area contributed by atoms with Gasteiger partial charge in [0.15, 0.2) is 0 Å². The number of rotatable bonds is 9. The standard InChI is InChI=1S/C13H29NO/c1-5-9-12(8-4)14-10-13(15)11(6-2)7-3/h11-15H,5-10H2,1-4H3. The Morgan fingerprint density at radius 1 is 1.00 bits per heavy atom. The zero-order valence-corrected chi connectivity index (χ0v) is 10.9. The molecule has 0 radical (unpaired) electrons. The fourth-order valence-electron chi connectivity index (χ4n) is 2.09. The Morgan fingerprint density at radius 2 is 1.60 bits per heavy atom. The normalized spacial score (nSPS) is 15.6. The monoisotopic (exact) mass is 215 g/mol. The van der Waals surface area contributed by atoms with Gasteiger partial charge in [0.05, 0.1) is 6.10 Å². The Hall–Kier alpha value is -0.0800. The van der Waals surface area contributed by atoms with Crippen LogP contribution in [0.25, 0.3) is 0 Å². The fourth-order valence-corrected chi connectivity index (χ4v) is 2.09. The van der Waals surface area contributed by atoms with Crippen molar-refractivity contribution in [3.63, 3.8) is 0 Å². The molecule has 15 heavy (non-hydrogen) atoms. The van der Waals surface area contributed by atoms with Gasteiger partial charge in [-0.25, -0.2) is 0 Å². The molecule has 0 aliphatic heterocycles. The predicted molar refractivity (Wildman–Crippen MR) is 67.1 cm³/mol. The summed E-state index contributed by atoms with van der Waals surface area (Å²) in [6.07, 6.45) is 5.56. The second-order valence-electron chi connectivity index (χ2n) is 4.45. The summed E-state index contributed by atoms with van der Waals surface area (Å²) in [5, 5.41) is 13.4. The summed E-state index contributed by atoms with van der Waals surface area (Å²) in [6.45, 7) is 9.48. The molecule has 0 heterocycles. The third-order valence-electron chi connectivity index (χ3n) is 3.34. The van der Waals surface area contributed by atoms with Crippen LogP contribution in [0.3, 0.4) is 0 Å². The summed E-state index contributed by atoms with van der Waals surface area (Å²) in [6, 6.07) is 0.582. The van der Waals surface area contributed by atoms with E-state index in [4.69, 9.17) is 0 Å². The van der Waals surface area contributed by atoms with E-state index in [0.717, 1.165) is 25.8 Å². The molecule has 0 saturated heterocycles. The van der Waals surface area contributed by atoms with Crippen LogP contribution in [-0.2, 0) is 0 Å². The van der Waals surface area contributed by atoms with E-state index in [1.165, 1.54) is 12.8 Å². The summed E-state index contributed by atoms with van der Waals surface area (Å²) in [5.74, 6) is 0.455. The average molecular weight is 215 g/mol. The van der Waals surface area contributed by atoms with Crippen molar-refractivity contribution in [2.45, 2.75) is 71.9 Å². The highest BCUT2D eigenvalue weighted by Crippen LogP contribution is 2.12. The highest BCUT2D eigenvalue weighted by atomic mass is 16.3. The Kier molecular flexibility index (Phi) is 9.12. The maximum atomic E-state index is 9.96. The lowest BCUT2D eigenvalue weighted by Crippen LogP contribution is -2.38. The van der Waals surface area contributed by atoms with Gasteiger partial charge in [0, 0.05) is 12.6 Å². The van der Waals surface area contributed by atoms with Crippen LogP contribution in [0.2, 0.25) is 0 Å². The summed E-state index contributed by atoms with van der Waals surface area (Å²) >= 11 is 0. The van der Waals surface area contributed by atoms with E-state index in [0.29, 0.717) is 12.0 Å². The molecular formula is C13H29NO. The molecule has 0 rings (SSSR count). The van der Waals surface area contributed by atoms with Crippen LogP contribution >= 0.6 is 0 Å². The van der Waals surface area contributed by atoms with Crippen LogP contribution in [0.1, 0.15) is 59.8 Å². The minimum absolute atomic E-state index is 0.175. The largest absolute Gasteiger partial charge is 0.392 e. The van der Waals surface area contributed by atoms with Crippen molar-refractivity contribution in [2.75, 3.05) is 6.54 Å². The average Bonchev–Trinajstić information content (AvgIpc) is 2.25. The molecule has 2 atom stereocenters. The number of hydrogen-bond acceptors (Lipinski definition) is 2. The van der Waals surface area contributed by atoms with E-state index in [2.05, 4.69) is 33.0 Å². The zero-order valence-electron chi connectivity index (χ0n) is 10.9. The number of nitrogens with one attached hydrogen (secondary N) is 1. The molecule has 2 nitrogen and oxygen atoms in total. The van der Waals surface area contributed by atoms with Crippen LogP contribution in [0.15, 0.2) is 0 Å². The molecule has 2 N–H and O–H groups in total. The number of aliphatic hydroxyl groups excluding tert-OH is 1. The van der Waals surface area contributed by atoms with Crippen molar-refractivity contribution < 1.29 is 5.11 Å². The van der Waals surface area contributed by atoms with Crippen molar-refractivity contribution in [1.29, 1.82) is 0 Å². The van der Waals surface area contributed by atoms with Crippen molar-refractivity contribution in [3.05, 3.63) is 0 Å². The SMILES string of the molecule is CCCC(CC)NCC(O)C(CC)CC. The smallest absolute Gasteiger partial charge is 0.0692 e. The van der Waals surface area contributed by atoms with Gasteiger partial charge in [-0.05, 0) is 18.8 Å². The van der Waals surface area contributed by atoms with Crippen LogP contribution in [0.5, 0.6) is 0 Å². The van der Waals surface area contributed by atoms with Crippen molar-refractivity contribution in [3.8, 4) is 0 Å². The van der Waals surface area contributed by atoms with Gasteiger partial charge in [-0.1, -0.05) is 47.0 Å². The molecular weight excluding hydrogens is 186 g/mol. The Bertz CT molecular complexity index is 134. The van der Waals surface area contributed by atoms with Gasteiger partial charge < -0.3 is 10.4 Å². The molecule has 0 bridgehead atoms. The van der Waals surface area contributed by atoms with Gasteiger partial charge in [0.1, 0.15) is 0 Å². The third kappa shape index (κ3) is 6.16. The lowest BCUT2D eigenvalue weighted by atomic mass is 9.96. The zero-order chi connectivity index (χ0) is 11.7. The third-order valence-corrected chi connectivity index (χ3v) is 3.34. The molecule has 0 saturated carbocycles. The molecule has 0 aromatic heterocycles.